The van der Waals surface area contributed by atoms with Crippen LogP contribution in [0, 0.1) is 11.3 Å². The van der Waals surface area contributed by atoms with E-state index in [4.69, 9.17) is 4.43 Å². The number of rotatable bonds is 6. The molecule has 0 heterocycles. The molecule has 0 spiro atoms. The molecule has 2 atom stereocenters. The second kappa shape index (κ2) is 6.61. The Morgan fingerprint density at radius 2 is 1.60 bits per heavy atom. The molecule has 0 aliphatic carbocycles. The average Bonchev–Trinajstić information content (AvgIpc) is 2.19. The maximum absolute atomic E-state index is 11.3. The standard InChI is InChI=1S/C16H34O3Si/c1-12(14(17)18)13(10-11-15(2,3)4)19-20(8,9)16(5,6)7/h12-13H,10-11H2,1-9H3,(H,17,18). The topological polar surface area (TPSA) is 46.5 Å². The molecule has 0 rings (SSSR count). The average molecular weight is 303 g/mol. The molecule has 0 aromatic carbocycles. The molecule has 4 heteroatoms. The summed E-state index contributed by atoms with van der Waals surface area (Å²) < 4.78 is 6.38. The summed E-state index contributed by atoms with van der Waals surface area (Å²) in [5.74, 6) is -1.21. The van der Waals surface area contributed by atoms with Crippen LogP contribution in [0.15, 0.2) is 0 Å². The third-order valence-corrected chi connectivity index (χ3v) is 8.88. The monoisotopic (exact) mass is 302 g/mol. The van der Waals surface area contributed by atoms with Crippen LogP contribution in [0.1, 0.15) is 61.3 Å². The normalized spacial score (nSPS) is 16.9. The van der Waals surface area contributed by atoms with Gasteiger partial charge in [-0.2, -0.15) is 0 Å². The van der Waals surface area contributed by atoms with E-state index in [9.17, 15) is 9.90 Å². The van der Waals surface area contributed by atoms with Crippen molar-refractivity contribution in [1.82, 2.24) is 0 Å². The highest BCUT2D eigenvalue weighted by atomic mass is 28.4. The van der Waals surface area contributed by atoms with Crippen molar-refractivity contribution in [3.63, 3.8) is 0 Å². The van der Waals surface area contributed by atoms with Gasteiger partial charge in [0.1, 0.15) is 0 Å². The van der Waals surface area contributed by atoms with E-state index in [1.165, 1.54) is 0 Å². The first-order valence-electron chi connectivity index (χ1n) is 7.58. The Hall–Kier alpha value is -0.353. The van der Waals surface area contributed by atoms with Crippen LogP contribution in [-0.4, -0.2) is 25.5 Å². The summed E-state index contributed by atoms with van der Waals surface area (Å²) in [7, 11) is -1.94. The summed E-state index contributed by atoms with van der Waals surface area (Å²) in [5.41, 5.74) is 0.202. The molecule has 0 amide bonds. The lowest BCUT2D eigenvalue weighted by Gasteiger charge is -2.40. The zero-order chi connectivity index (χ0) is 16.4. The van der Waals surface area contributed by atoms with Crippen molar-refractivity contribution in [2.75, 3.05) is 0 Å². The van der Waals surface area contributed by atoms with Crippen molar-refractivity contribution < 1.29 is 14.3 Å². The number of hydrogen-bond acceptors (Lipinski definition) is 2. The van der Waals surface area contributed by atoms with Crippen LogP contribution in [0.3, 0.4) is 0 Å². The van der Waals surface area contributed by atoms with Gasteiger partial charge in [-0.1, -0.05) is 41.5 Å². The number of carboxylic acids is 1. The molecule has 0 fully saturated rings. The van der Waals surface area contributed by atoms with Gasteiger partial charge in [-0.15, -0.1) is 0 Å². The van der Waals surface area contributed by atoms with E-state index in [2.05, 4.69) is 54.6 Å². The molecule has 0 radical (unpaired) electrons. The lowest BCUT2D eigenvalue weighted by Crippen LogP contribution is -2.46. The van der Waals surface area contributed by atoms with Crippen LogP contribution in [0.4, 0.5) is 0 Å². The smallest absolute Gasteiger partial charge is 0.308 e. The number of carbonyl (C=O) groups is 1. The van der Waals surface area contributed by atoms with E-state index in [0.717, 1.165) is 12.8 Å². The van der Waals surface area contributed by atoms with Gasteiger partial charge < -0.3 is 9.53 Å². The van der Waals surface area contributed by atoms with E-state index >= 15 is 0 Å². The lowest BCUT2D eigenvalue weighted by molar-refractivity contribution is -0.144. The number of hydrogen-bond donors (Lipinski definition) is 1. The van der Waals surface area contributed by atoms with Crippen LogP contribution in [0.25, 0.3) is 0 Å². The first kappa shape index (κ1) is 19.6. The Balaban J connectivity index is 5.01. The summed E-state index contributed by atoms with van der Waals surface area (Å²) in [6, 6.07) is 0. The lowest BCUT2D eigenvalue weighted by atomic mass is 9.87. The van der Waals surface area contributed by atoms with Crippen molar-refractivity contribution in [2.24, 2.45) is 11.3 Å². The van der Waals surface area contributed by atoms with E-state index in [-0.39, 0.29) is 16.6 Å². The maximum atomic E-state index is 11.3. The molecule has 0 bridgehead atoms. The Morgan fingerprint density at radius 3 is 1.90 bits per heavy atom. The largest absolute Gasteiger partial charge is 0.481 e. The van der Waals surface area contributed by atoms with E-state index < -0.39 is 20.2 Å². The van der Waals surface area contributed by atoms with Gasteiger partial charge in [0.2, 0.25) is 0 Å². The zero-order valence-electron chi connectivity index (χ0n) is 14.8. The van der Waals surface area contributed by atoms with Crippen molar-refractivity contribution in [2.45, 2.75) is 85.5 Å². The number of carboxylic acid groups (broad SMARTS) is 1. The van der Waals surface area contributed by atoms with Gasteiger partial charge >= 0.3 is 5.97 Å². The molecule has 120 valence electrons. The molecule has 1 N–H and O–H groups in total. The van der Waals surface area contributed by atoms with Crippen LogP contribution in [0.2, 0.25) is 18.1 Å². The zero-order valence-corrected chi connectivity index (χ0v) is 15.8. The Bertz CT molecular complexity index is 324. The molecule has 3 nitrogen and oxygen atoms in total. The van der Waals surface area contributed by atoms with Gasteiger partial charge in [-0.3, -0.25) is 4.79 Å². The highest BCUT2D eigenvalue weighted by Crippen LogP contribution is 2.39. The second-order valence-electron chi connectivity index (χ2n) is 8.64. The quantitative estimate of drug-likeness (QED) is 0.708. The fraction of sp³-hybridized carbons (Fsp3) is 0.938. The van der Waals surface area contributed by atoms with Gasteiger partial charge in [0.05, 0.1) is 12.0 Å². The number of aliphatic carboxylic acids is 1. The summed E-state index contributed by atoms with van der Waals surface area (Å²) in [6.45, 7) is 19.2. The Kier molecular flexibility index (Phi) is 6.49. The summed E-state index contributed by atoms with van der Waals surface area (Å²) >= 11 is 0. The Labute approximate surface area is 126 Å². The summed E-state index contributed by atoms with van der Waals surface area (Å²) in [5, 5.41) is 9.42. The third-order valence-electron chi connectivity index (χ3n) is 4.38. The fourth-order valence-corrected chi connectivity index (χ4v) is 3.13. The maximum Gasteiger partial charge on any atom is 0.308 e. The van der Waals surface area contributed by atoms with E-state index in [1.54, 1.807) is 6.92 Å². The minimum absolute atomic E-state index is 0.102. The molecule has 0 aliphatic rings. The van der Waals surface area contributed by atoms with Crippen molar-refractivity contribution in [3.8, 4) is 0 Å². The highest BCUT2D eigenvalue weighted by molar-refractivity contribution is 6.74. The molecule has 0 aliphatic heterocycles. The molecule has 0 aromatic heterocycles. The van der Waals surface area contributed by atoms with Gasteiger partial charge in [-0.05, 0) is 43.3 Å². The predicted molar refractivity (Wildman–Crippen MR) is 87.6 cm³/mol. The molecular formula is C16H34O3Si. The van der Waals surface area contributed by atoms with Crippen LogP contribution in [-0.2, 0) is 9.22 Å². The SMILES string of the molecule is CC(C(=O)O)C(CCC(C)(C)C)O[Si](C)(C)C(C)(C)C. The van der Waals surface area contributed by atoms with Crippen molar-refractivity contribution in [1.29, 1.82) is 0 Å². The van der Waals surface area contributed by atoms with Crippen LogP contribution in [0.5, 0.6) is 0 Å². The predicted octanol–water partition coefficient (Wildman–Crippen LogP) is 4.92. The van der Waals surface area contributed by atoms with Gasteiger partial charge in [0, 0.05) is 0 Å². The third kappa shape index (κ3) is 6.40. The minimum atomic E-state index is -1.94. The van der Waals surface area contributed by atoms with Crippen LogP contribution < -0.4 is 0 Å². The van der Waals surface area contributed by atoms with E-state index in [0.29, 0.717) is 0 Å². The molecule has 0 saturated carbocycles. The first-order valence-corrected chi connectivity index (χ1v) is 10.5. The Morgan fingerprint density at radius 1 is 1.15 bits per heavy atom. The minimum Gasteiger partial charge on any atom is -0.481 e. The van der Waals surface area contributed by atoms with Crippen molar-refractivity contribution >= 4 is 14.3 Å². The first-order chi connectivity index (χ1) is 8.67. The van der Waals surface area contributed by atoms with Crippen LogP contribution >= 0.6 is 0 Å². The molecule has 20 heavy (non-hydrogen) atoms. The second-order valence-corrected chi connectivity index (χ2v) is 13.4. The molecular weight excluding hydrogens is 268 g/mol. The van der Waals surface area contributed by atoms with Gasteiger partial charge in [0.25, 0.3) is 0 Å². The summed E-state index contributed by atoms with van der Waals surface area (Å²) in [4.78, 5) is 11.3. The van der Waals surface area contributed by atoms with E-state index in [1.807, 2.05) is 0 Å². The molecule has 2 unspecified atom stereocenters. The van der Waals surface area contributed by atoms with Gasteiger partial charge in [0.15, 0.2) is 8.32 Å². The highest BCUT2D eigenvalue weighted by Gasteiger charge is 2.41. The van der Waals surface area contributed by atoms with Crippen molar-refractivity contribution in [3.05, 3.63) is 0 Å². The molecule has 0 saturated heterocycles. The fourth-order valence-electron chi connectivity index (χ4n) is 1.70. The molecule has 0 aromatic rings. The summed E-state index contributed by atoms with van der Waals surface area (Å²) in [6.07, 6.45) is 1.60. The van der Waals surface area contributed by atoms with Gasteiger partial charge in [-0.25, -0.2) is 0 Å².